The minimum absolute atomic E-state index is 0.0176. The molecule has 0 radical (unpaired) electrons. The fourth-order valence-corrected chi connectivity index (χ4v) is 5.32. The number of amides is 3. The number of hydrogen-bond donors (Lipinski definition) is 0. The molecule has 2 saturated carbocycles. The summed E-state index contributed by atoms with van der Waals surface area (Å²) in [4.78, 5) is 43.5. The fraction of sp³-hybridized carbons (Fsp3) is 0.640. The lowest BCUT2D eigenvalue weighted by Crippen LogP contribution is -2.46. The third kappa shape index (κ3) is 4.27. The van der Waals surface area contributed by atoms with Gasteiger partial charge in [-0.25, -0.2) is 0 Å². The van der Waals surface area contributed by atoms with Crippen molar-refractivity contribution in [2.75, 3.05) is 34.4 Å². The van der Waals surface area contributed by atoms with E-state index in [0.29, 0.717) is 42.7 Å². The summed E-state index contributed by atoms with van der Waals surface area (Å²) in [5.74, 6) is 1.06. The zero-order valence-corrected chi connectivity index (χ0v) is 19.3. The van der Waals surface area contributed by atoms with Gasteiger partial charge in [0, 0.05) is 51.8 Å². The highest BCUT2D eigenvalue weighted by Gasteiger charge is 2.56. The first-order valence-electron chi connectivity index (χ1n) is 11.7. The van der Waals surface area contributed by atoms with Crippen molar-refractivity contribution < 1.29 is 23.9 Å². The summed E-state index contributed by atoms with van der Waals surface area (Å²) in [6.45, 7) is 0.754. The van der Waals surface area contributed by atoms with Crippen molar-refractivity contribution >= 4 is 17.7 Å². The summed E-state index contributed by atoms with van der Waals surface area (Å²) in [5.41, 5.74) is -0.619. The number of rotatable bonds is 11. The molecule has 2 aliphatic carbocycles. The largest absolute Gasteiger partial charge is 0.496 e. The highest BCUT2D eigenvalue weighted by Crippen LogP contribution is 2.48. The predicted octanol–water partition coefficient (Wildman–Crippen LogP) is 2.77. The number of para-hydroxylation sites is 1. The van der Waals surface area contributed by atoms with Crippen molar-refractivity contribution in [3.8, 4) is 5.75 Å². The second-order valence-corrected chi connectivity index (χ2v) is 9.50. The summed E-state index contributed by atoms with van der Waals surface area (Å²) < 4.78 is 10.7. The number of ether oxygens (including phenoxy) is 2. The van der Waals surface area contributed by atoms with Crippen LogP contribution in [0.4, 0.5) is 0 Å². The van der Waals surface area contributed by atoms with E-state index in [0.717, 1.165) is 0 Å². The van der Waals surface area contributed by atoms with E-state index in [4.69, 9.17) is 9.47 Å². The average molecular weight is 443 g/mol. The smallest absolute Gasteiger partial charge is 0.241 e. The molecular formula is C25H34N2O5. The van der Waals surface area contributed by atoms with Crippen LogP contribution in [-0.2, 0) is 24.5 Å². The third-order valence-electron chi connectivity index (χ3n) is 7.26. The van der Waals surface area contributed by atoms with Gasteiger partial charge in [0.15, 0.2) is 0 Å². The van der Waals surface area contributed by atoms with Gasteiger partial charge in [0.05, 0.1) is 12.5 Å². The Morgan fingerprint density at radius 1 is 1.16 bits per heavy atom. The van der Waals surface area contributed by atoms with Crippen LogP contribution in [0.5, 0.6) is 5.75 Å². The van der Waals surface area contributed by atoms with E-state index >= 15 is 0 Å². The van der Waals surface area contributed by atoms with E-state index in [1.807, 2.05) is 30.1 Å². The topological polar surface area (TPSA) is 76.2 Å². The minimum atomic E-state index is -1.24. The van der Waals surface area contributed by atoms with Gasteiger partial charge in [-0.15, -0.1) is 0 Å². The van der Waals surface area contributed by atoms with Gasteiger partial charge in [0.2, 0.25) is 17.7 Å². The van der Waals surface area contributed by atoms with Gasteiger partial charge in [-0.2, -0.15) is 0 Å². The van der Waals surface area contributed by atoms with Crippen molar-refractivity contribution in [3.63, 3.8) is 0 Å². The predicted molar refractivity (Wildman–Crippen MR) is 119 cm³/mol. The van der Waals surface area contributed by atoms with Crippen LogP contribution >= 0.6 is 0 Å². The maximum atomic E-state index is 13.8. The standard InChI is InChI=1S/C25H34N2O5/c1-26(23(17-9-10-17)18-11-12-18)21(28)15-25(19-7-4-5-8-20(19)32-3)16-22(29)27(24(25)30)13-6-14-31-2/h4-5,7-8,17-18,23H,6,9-16H2,1-3H3/t25-/m0/s1. The Kier molecular flexibility index (Phi) is 6.56. The molecule has 0 N–H and O–H groups in total. The molecule has 174 valence electrons. The van der Waals surface area contributed by atoms with E-state index in [-0.39, 0.29) is 36.6 Å². The summed E-state index contributed by atoms with van der Waals surface area (Å²) in [5, 5.41) is 0. The van der Waals surface area contributed by atoms with Crippen LogP contribution in [0, 0.1) is 11.8 Å². The molecule has 7 heteroatoms. The van der Waals surface area contributed by atoms with Gasteiger partial charge in [0.1, 0.15) is 5.75 Å². The molecule has 3 fully saturated rings. The van der Waals surface area contributed by atoms with E-state index in [9.17, 15) is 14.4 Å². The second kappa shape index (κ2) is 9.22. The molecule has 0 spiro atoms. The zero-order valence-electron chi connectivity index (χ0n) is 19.3. The van der Waals surface area contributed by atoms with Crippen LogP contribution in [0.2, 0.25) is 0 Å². The number of methoxy groups -OCH3 is 2. The molecule has 3 amide bonds. The average Bonchev–Trinajstić information content (AvgIpc) is 3.71. The molecule has 4 rings (SSSR count). The molecule has 1 heterocycles. The van der Waals surface area contributed by atoms with Crippen molar-refractivity contribution in [2.24, 2.45) is 11.8 Å². The van der Waals surface area contributed by atoms with Crippen LogP contribution in [0.25, 0.3) is 0 Å². The molecule has 1 saturated heterocycles. The van der Waals surface area contributed by atoms with Crippen LogP contribution in [-0.4, -0.2) is 68.0 Å². The Labute approximate surface area is 190 Å². The highest BCUT2D eigenvalue weighted by molar-refractivity contribution is 6.11. The lowest BCUT2D eigenvalue weighted by atomic mass is 9.75. The van der Waals surface area contributed by atoms with Gasteiger partial charge < -0.3 is 14.4 Å². The number of hydrogen-bond acceptors (Lipinski definition) is 5. The first kappa shape index (κ1) is 22.8. The monoisotopic (exact) mass is 442 g/mol. The number of imide groups is 1. The fourth-order valence-electron chi connectivity index (χ4n) is 5.32. The van der Waals surface area contributed by atoms with Gasteiger partial charge in [-0.05, 0) is 50.0 Å². The molecule has 0 bridgehead atoms. The normalized spacial score (nSPS) is 23.2. The number of carbonyl (C=O) groups is 3. The highest BCUT2D eigenvalue weighted by atomic mass is 16.5. The summed E-state index contributed by atoms with van der Waals surface area (Å²) in [6.07, 6.45) is 5.20. The lowest BCUT2D eigenvalue weighted by Gasteiger charge is -2.33. The number of likely N-dealkylation sites (tertiary alicyclic amines) is 1. The molecule has 1 aromatic rings. The van der Waals surface area contributed by atoms with Crippen molar-refractivity contribution in [1.29, 1.82) is 0 Å². The minimum Gasteiger partial charge on any atom is -0.496 e. The molecule has 32 heavy (non-hydrogen) atoms. The molecule has 0 aromatic heterocycles. The Hall–Kier alpha value is -2.41. The van der Waals surface area contributed by atoms with Gasteiger partial charge >= 0.3 is 0 Å². The Morgan fingerprint density at radius 3 is 2.41 bits per heavy atom. The van der Waals surface area contributed by atoms with E-state index < -0.39 is 5.41 Å². The zero-order chi connectivity index (χ0) is 22.9. The third-order valence-corrected chi connectivity index (χ3v) is 7.26. The quantitative estimate of drug-likeness (QED) is 0.389. The molecule has 3 aliphatic rings. The van der Waals surface area contributed by atoms with E-state index in [2.05, 4.69) is 0 Å². The Morgan fingerprint density at radius 2 is 1.81 bits per heavy atom. The van der Waals surface area contributed by atoms with E-state index in [1.165, 1.54) is 30.6 Å². The Bertz CT molecular complexity index is 867. The van der Waals surface area contributed by atoms with Gasteiger partial charge in [0.25, 0.3) is 0 Å². The van der Waals surface area contributed by atoms with Crippen molar-refractivity contribution in [3.05, 3.63) is 29.8 Å². The maximum absolute atomic E-state index is 13.8. The Balaban J connectivity index is 1.65. The summed E-state index contributed by atoms with van der Waals surface area (Å²) in [6, 6.07) is 7.51. The summed E-state index contributed by atoms with van der Waals surface area (Å²) in [7, 11) is 5.02. The number of carbonyl (C=O) groups excluding carboxylic acids is 3. The number of nitrogens with zero attached hydrogens (tertiary/aromatic N) is 2. The number of benzene rings is 1. The van der Waals surface area contributed by atoms with Gasteiger partial charge in [-0.1, -0.05) is 18.2 Å². The first-order chi connectivity index (χ1) is 15.4. The molecule has 0 unspecified atom stereocenters. The molecular weight excluding hydrogens is 408 g/mol. The van der Waals surface area contributed by atoms with Crippen molar-refractivity contribution in [2.45, 2.75) is 56.4 Å². The second-order valence-electron chi connectivity index (χ2n) is 9.50. The molecule has 7 nitrogen and oxygen atoms in total. The first-order valence-corrected chi connectivity index (χ1v) is 11.7. The van der Waals surface area contributed by atoms with Crippen LogP contribution in [0.3, 0.4) is 0 Å². The molecule has 1 atom stereocenters. The van der Waals surface area contributed by atoms with Crippen LogP contribution in [0.15, 0.2) is 24.3 Å². The summed E-state index contributed by atoms with van der Waals surface area (Å²) >= 11 is 0. The van der Waals surface area contributed by atoms with Crippen LogP contribution < -0.4 is 4.74 Å². The van der Waals surface area contributed by atoms with E-state index in [1.54, 1.807) is 20.3 Å². The van der Waals surface area contributed by atoms with Crippen molar-refractivity contribution in [1.82, 2.24) is 9.80 Å². The lowest BCUT2D eigenvalue weighted by molar-refractivity contribution is -0.143. The maximum Gasteiger partial charge on any atom is 0.241 e. The molecule has 1 aromatic carbocycles. The molecule has 1 aliphatic heterocycles. The van der Waals surface area contributed by atoms with Crippen LogP contribution in [0.1, 0.15) is 50.5 Å². The van der Waals surface area contributed by atoms with Gasteiger partial charge in [-0.3, -0.25) is 19.3 Å². The SMILES string of the molecule is COCCCN1C(=O)C[C@@](CC(=O)N(C)C(C2CC2)C2CC2)(c2ccccc2OC)C1=O.